The highest BCUT2D eigenvalue weighted by molar-refractivity contribution is 6.27. The monoisotopic (exact) mass is 218 g/mol. The van der Waals surface area contributed by atoms with Crippen molar-refractivity contribution in [3.63, 3.8) is 0 Å². The topological polar surface area (TPSA) is 49.4 Å². The smallest absolute Gasteiger partial charge is 0.237 e. The summed E-state index contributed by atoms with van der Waals surface area (Å²) in [5.74, 6) is -0.0778. The van der Waals surface area contributed by atoms with E-state index in [2.05, 4.69) is 5.32 Å². The molecule has 5 heteroatoms. The number of nitrogens with zero attached hydrogens (tertiary/aromatic N) is 1. The summed E-state index contributed by atoms with van der Waals surface area (Å²) in [6.45, 7) is 2.77. The van der Waals surface area contributed by atoms with E-state index in [1.165, 1.54) is 6.92 Å². The first-order chi connectivity index (χ1) is 6.65. The van der Waals surface area contributed by atoms with Gasteiger partial charge in [-0.3, -0.25) is 9.59 Å². The fraction of sp³-hybridized carbons (Fsp3) is 0.778. The zero-order valence-electron chi connectivity index (χ0n) is 8.25. The zero-order valence-corrected chi connectivity index (χ0v) is 9.01. The third-order valence-corrected chi connectivity index (χ3v) is 2.63. The quantitative estimate of drug-likeness (QED) is 0.696. The molecule has 0 aromatic heterocycles. The molecule has 1 rings (SSSR count). The van der Waals surface area contributed by atoms with Crippen LogP contribution in [0, 0.1) is 0 Å². The van der Waals surface area contributed by atoms with E-state index in [1.54, 1.807) is 4.90 Å². The minimum Gasteiger partial charge on any atom is -0.354 e. The number of alkyl halides is 1. The number of rotatable bonds is 3. The summed E-state index contributed by atoms with van der Waals surface area (Å²) in [6.07, 6.45) is 1.94. The molecule has 1 aliphatic rings. The minimum atomic E-state index is -0.0600. The molecule has 0 bridgehead atoms. The highest BCUT2D eigenvalue weighted by Crippen LogP contribution is 2.16. The van der Waals surface area contributed by atoms with E-state index in [0.29, 0.717) is 6.54 Å². The van der Waals surface area contributed by atoms with Crippen molar-refractivity contribution in [2.45, 2.75) is 25.8 Å². The van der Waals surface area contributed by atoms with Crippen LogP contribution in [0.1, 0.15) is 19.8 Å². The summed E-state index contributed by atoms with van der Waals surface area (Å²) in [7, 11) is 0. The number of halogens is 1. The van der Waals surface area contributed by atoms with Crippen LogP contribution in [0.2, 0.25) is 0 Å². The van der Waals surface area contributed by atoms with E-state index < -0.39 is 0 Å². The molecule has 1 fully saturated rings. The molecule has 1 saturated heterocycles. The summed E-state index contributed by atoms with van der Waals surface area (Å²) in [4.78, 5) is 23.8. The van der Waals surface area contributed by atoms with Gasteiger partial charge < -0.3 is 10.2 Å². The van der Waals surface area contributed by atoms with Gasteiger partial charge in [-0.1, -0.05) is 0 Å². The van der Waals surface area contributed by atoms with Crippen molar-refractivity contribution in [1.29, 1.82) is 0 Å². The first kappa shape index (κ1) is 11.3. The average molecular weight is 219 g/mol. The lowest BCUT2D eigenvalue weighted by Gasteiger charge is -2.23. The van der Waals surface area contributed by atoms with Crippen molar-refractivity contribution >= 4 is 23.4 Å². The van der Waals surface area contributed by atoms with Crippen molar-refractivity contribution in [3.8, 4) is 0 Å². The lowest BCUT2D eigenvalue weighted by molar-refractivity contribution is -0.129. The van der Waals surface area contributed by atoms with Gasteiger partial charge in [0.2, 0.25) is 11.8 Å². The lowest BCUT2D eigenvalue weighted by atomic mass is 10.2. The zero-order chi connectivity index (χ0) is 10.6. The Hall–Kier alpha value is -0.770. The standard InChI is InChI=1S/C9H15ClN2O2/c1-7(13)11-6-8-3-2-4-12(8)9(14)5-10/h8H,2-6H2,1H3,(H,11,13)/t8-/m0/s1. The van der Waals surface area contributed by atoms with Gasteiger partial charge in [-0.2, -0.15) is 0 Å². The van der Waals surface area contributed by atoms with Crippen LogP contribution in [0.3, 0.4) is 0 Å². The Balaban J connectivity index is 2.42. The average Bonchev–Trinajstić information content (AvgIpc) is 2.61. The highest BCUT2D eigenvalue weighted by atomic mass is 35.5. The van der Waals surface area contributed by atoms with Crippen molar-refractivity contribution in [3.05, 3.63) is 0 Å². The fourth-order valence-electron chi connectivity index (χ4n) is 1.71. The summed E-state index contributed by atoms with van der Waals surface area (Å²) in [5.41, 5.74) is 0. The van der Waals surface area contributed by atoms with E-state index in [1.807, 2.05) is 0 Å². The molecule has 0 aromatic carbocycles. The molecule has 1 atom stereocenters. The van der Waals surface area contributed by atoms with E-state index in [0.717, 1.165) is 19.4 Å². The molecule has 1 heterocycles. The number of carbonyl (C=O) groups excluding carboxylic acids is 2. The van der Waals surface area contributed by atoms with E-state index in [9.17, 15) is 9.59 Å². The second-order valence-corrected chi connectivity index (χ2v) is 3.72. The fourth-order valence-corrected chi connectivity index (χ4v) is 1.87. The third-order valence-electron chi connectivity index (χ3n) is 2.40. The molecule has 0 saturated carbocycles. The third kappa shape index (κ3) is 2.87. The molecule has 4 nitrogen and oxygen atoms in total. The van der Waals surface area contributed by atoms with Gasteiger partial charge in [0.1, 0.15) is 5.88 Å². The molecule has 1 aliphatic heterocycles. The Labute approximate surface area is 88.6 Å². The molecule has 14 heavy (non-hydrogen) atoms. The number of carbonyl (C=O) groups is 2. The van der Waals surface area contributed by atoms with Gasteiger partial charge in [-0.15, -0.1) is 11.6 Å². The summed E-state index contributed by atoms with van der Waals surface area (Å²) in [5, 5.41) is 2.72. The largest absolute Gasteiger partial charge is 0.354 e. The Bertz CT molecular complexity index is 233. The van der Waals surface area contributed by atoms with Crippen LogP contribution in [0.15, 0.2) is 0 Å². The number of likely N-dealkylation sites (tertiary alicyclic amines) is 1. The number of nitrogens with one attached hydrogen (secondary N) is 1. The first-order valence-corrected chi connectivity index (χ1v) is 5.28. The van der Waals surface area contributed by atoms with Crippen LogP contribution in [-0.2, 0) is 9.59 Å². The predicted octanol–water partition coefficient (Wildman–Crippen LogP) is 0.352. The maximum atomic E-state index is 11.4. The number of hydrogen-bond acceptors (Lipinski definition) is 2. The van der Waals surface area contributed by atoms with Crippen LogP contribution in [0.4, 0.5) is 0 Å². The van der Waals surface area contributed by atoms with Crippen LogP contribution >= 0.6 is 11.6 Å². The van der Waals surface area contributed by atoms with Gasteiger partial charge in [-0.05, 0) is 12.8 Å². The van der Waals surface area contributed by atoms with Crippen molar-refractivity contribution in [1.82, 2.24) is 10.2 Å². The predicted molar refractivity (Wildman–Crippen MR) is 54.1 cm³/mol. The van der Waals surface area contributed by atoms with Crippen molar-refractivity contribution in [2.24, 2.45) is 0 Å². The number of amides is 2. The molecule has 0 aliphatic carbocycles. The van der Waals surface area contributed by atoms with Gasteiger partial charge in [0.25, 0.3) is 0 Å². The van der Waals surface area contributed by atoms with Crippen LogP contribution in [0.25, 0.3) is 0 Å². The van der Waals surface area contributed by atoms with Gasteiger partial charge in [0.15, 0.2) is 0 Å². The SMILES string of the molecule is CC(=O)NC[C@@H]1CCCN1C(=O)CCl. The van der Waals surface area contributed by atoms with E-state index >= 15 is 0 Å². The van der Waals surface area contributed by atoms with Crippen LogP contribution < -0.4 is 5.32 Å². The molecular formula is C9H15ClN2O2. The first-order valence-electron chi connectivity index (χ1n) is 4.75. The highest BCUT2D eigenvalue weighted by Gasteiger charge is 2.27. The molecule has 0 aromatic rings. The molecule has 2 amide bonds. The Morgan fingerprint density at radius 1 is 1.57 bits per heavy atom. The Morgan fingerprint density at radius 3 is 2.86 bits per heavy atom. The van der Waals surface area contributed by atoms with Crippen LogP contribution in [0.5, 0.6) is 0 Å². The molecule has 0 radical (unpaired) electrons. The molecule has 1 N–H and O–H groups in total. The van der Waals surface area contributed by atoms with Gasteiger partial charge in [0.05, 0.1) is 0 Å². The summed E-state index contributed by atoms with van der Waals surface area (Å²) < 4.78 is 0. The van der Waals surface area contributed by atoms with Gasteiger partial charge >= 0.3 is 0 Å². The number of hydrogen-bond donors (Lipinski definition) is 1. The Kier molecular flexibility index (Phi) is 4.20. The van der Waals surface area contributed by atoms with E-state index in [4.69, 9.17) is 11.6 Å². The maximum Gasteiger partial charge on any atom is 0.237 e. The van der Waals surface area contributed by atoms with Crippen LogP contribution in [-0.4, -0.2) is 41.7 Å². The second kappa shape index (κ2) is 5.20. The Morgan fingerprint density at radius 2 is 2.29 bits per heavy atom. The van der Waals surface area contributed by atoms with E-state index in [-0.39, 0.29) is 23.7 Å². The molecule has 0 unspecified atom stereocenters. The van der Waals surface area contributed by atoms with Crippen molar-refractivity contribution < 1.29 is 9.59 Å². The molecule has 0 spiro atoms. The second-order valence-electron chi connectivity index (χ2n) is 3.45. The minimum absolute atomic E-state index is 0.0244. The van der Waals surface area contributed by atoms with Gasteiger partial charge in [-0.25, -0.2) is 0 Å². The van der Waals surface area contributed by atoms with Crippen molar-refractivity contribution in [2.75, 3.05) is 19.0 Å². The summed E-state index contributed by atoms with van der Waals surface area (Å²) >= 11 is 5.48. The maximum absolute atomic E-state index is 11.4. The van der Waals surface area contributed by atoms with Gasteiger partial charge in [0, 0.05) is 26.1 Å². The molecular weight excluding hydrogens is 204 g/mol. The normalized spacial score (nSPS) is 21.0. The lowest BCUT2D eigenvalue weighted by Crippen LogP contribution is -2.43. The molecule has 80 valence electrons. The summed E-state index contributed by atoms with van der Waals surface area (Å²) in [6, 6.07) is 0.130.